The van der Waals surface area contributed by atoms with Crippen LogP contribution in [-0.4, -0.2) is 34.5 Å². The lowest BCUT2D eigenvalue weighted by molar-refractivity contribution is -0.123. The van der Waals surface area contributed by atoms with Crippen LogP contribution < -0.4 is 14.9 Å². The number of carbonyl (C=O) groups excluding carboxylic acids is 1. The lowest BCUT2D eigenvalue weighted by Crippen LogP contribution is -2.46. The molecule has 0 aliphatic heterocycles. The molecule has 1 unspecified atom stereocenters. The molecule has 6 nitrogen and oxygen atoms in total. The first kappa shape index (κ1) is 22.8. The second kappa shape index (κ2) is 9.94. The van der Waals surface area contributed by atoms with E-state index < -0.39 is 16.1 Å². The Labute approximate surface area is 184 Å². The Morgan fingerprint density at radius 3 is 2.32 bits per heavy atom. The number of carbonyl (C=O) groups is 1. The van der Waals surface area contributed by atoms with Gasteiger partial charge in [0.15, 0.2) is 0 Å². The second-order valence-corrected chi connectivity index (χ2v) is 9.47. The first-order valence-corrected chi connectivity index (χ1v) is 11.8. The third-order valence-electron chi connectivity index (χ3n) is 5.12. The van der Waals surface area contributed by atoms with Crippen LogP contribution in [0, 0.1) is 0 Å². The van der Waals surface area contributed by atoms with Gasteiger partial charge in [-0.05, 0) is 47.0 Å². The maximum Gasteiger partial charge on any atom is 0.241 e. The summed E-state index contributed by atoms with van der Waals surface area (Å²) >= 11 is 0. The van der Waals surface area contributed by atoms with Gasteiger partial charge in [0.1, 0.15) is 6.04 Å². The third-order valence-corrected chi connectivity index (χ3v) is 6.59. The van der Waals surface area contributed by atoms with Crippen molar-refractivity contribution >= 4 is 32.4 Å². The van der Waals surface area contributed by atoms with E-state index in [0.29, 0.717) is 19.4 Å². The largest absolute Gasteiger partial charge is 0.378 e. The van der Waals surface area contributed by atoms with E-state index in [0.717, 1.165) is 22.0 Å². The summed E-state index contributed by atoms with van der Waals surface area (Å²) in [6.45, 7) is 2.27. The number of rotatable bonds is 9. The van der Waals surface area contributed by atoms with Gasteiger partial charge in [-0.1, -0.05) is 55.8 Å². The molecule has 1 atom stereocenters. The minimum Gasteiger partial charge on any atom is -0.378 e. The molecule has 0 saturated carbocycles. The fraction of sp³-hybridized carbons (Fsp3) is 0.292. The van der Waals surface area contributed by atoms with Crippen molar-refractivity contribution < 1.29 is 13.2 Å². The molecule has 7 heteroatoms. The quantitative estimate of drug-likeness (QED) is 0.533. The number of hydrogen-bond acceptors (Lipinski definition) is 4. The minimum absolute atomic E-state index is 0.148. The number of nitrogens with zero attached hydrogens (tertiary/aromatic N) is 1. The van der Waals surface area contributed by atoms with Crippen molar-refractivity contribution in [3.63, 3.8) is 0 Å². The Morgan fingerprint density at radius 2 is 1.65 bits per heavy atom. The summed E-state index contributed by atoms with van der Waals surface area (Å²) in [6, 6.07) is 19.6. The van der Waals surface area contributed by atoms with Crippen LogP contribution in [0.2, 0.25) is 0 Å². The van der Waals surface area contributed by atoms with Gasteiger partial charge in [-0.15, -0.1) is 0 Å². The number of hydrogen-bond donors (Lipinski definition) is 2. The van der Waals surface area contributed by atoms with E-state index in [1.54, 1.807) is 18.2 Å². The van der Waals surface area contributed by atoms with Gasteiger partial charge in [0.25, 0.3) is 0 Å². The maximum absolute atomic E-state index is 13.0. The Balaban J connectivity index is 1.77. The summed E-state index contributed by atoms with van der Waals surface area (Å²) in [5.74, 6) is -0.328. The molecule has 164 valence electrons. The van der Waals surface area contributed by atoms with Gasteiger partial charge in [-0.3, -0.25) is 4.79 Å². The second-order valence-electron chi connectivity index (χ2n) is 7.75. The van der Waals surface area contributed by atoms with Gasteiger partial charge in [-0.25, -0.2) is 8.42 Å². The maximum atomic E-state index is 13.0. The van der Waals surface area contributed by atoms with E-state index in [2.05, 4.69) is 10.0 Å². The van der Waals surface area contributed by atoms with Gasteiger partial charge < -0.3 is 10.2 Å². The topological polar surface area (TPSA) is 78.5 Å². The predicted octanol–water partition coefficient (Wildman–Crippen LogP) is 3.67. The zero-order chi connectivity index (χ0) is 22.4. The summed E-state index contributed by atoms with van der Waals surface area (Å²) in [6.07, 6.45) is 1.09. The highest BCUT2D eigenvalue weighted by Gasteiger charge is 2.25. The van der Waals surface area contributed by atoms with Crippen molar-refractivity contribution in [2.45, 2.75) is 37.2 Å². The minimum atomic E-state index is -3.85. The van der Waals surface area contributed by atoms with Crippen LogP contribution in [0.4, 0.5) is 5.69 Å². The van der Waals surface area contributed by atoms with E-state index in [1.165, 1.54) is 0 Å². The van der Waals surface area contributed by atoms with Gasteiger partial charge in [0, 0.05) is 26.3 Å². The molecule has 0 radical (unpaired) electrons. The molecule has 2 N–H and O–H groups in total. The molecule has 0 aromatic heterocycles. The van der Waals surface area contributed by atoms with E-state index in [9.17, 15) is 13.2 Å². The molecule has 0 bridgehead atoms. The number of nitrogens with one attached hydrogen (secondary N) is 2. The van der Waals surface area contributed by atoms with Crippen molar-refractivity contribution in [1.29, 1.82) is 0 Å². The number of benzene rings is 3. The third kappa shape index (κ3) is 5.83. The molecule has 3 rings (SSSR count). The lowest BCUT2D eigenvalue weighted by atomic mass is 10.1. The highest BCUT2D eigenvalue weighted by Crippen LogP contribution is 2.24. The predicted molar refractivity (Wildman–Crippen MR) is 126 cm³/mol. The average Bonchev–Trinajstić information content (AvgIpc) is 2.77. The van der Waals surface area contributed by atoms with Gasteiger partial charge in [0.2, 0.25) is 15.9 Å². The lowest BCUT2D eigenvalue weighted by Gasteiger charge is -2.18. The van der Waals surface area contributed by atoms with E-state index in [-0.39, 0.29) is 10.8 Å². The molecule has 0 saturated heterocycles. The van der Waals surface area contributed by atoms with Crippen molar-refractivity contribution in [3.8, 4) is 0 Å². The van der Waals surface area contributed by atoms with Gasteiger partial charge >= 0.3 is 0 Å². The Kier molecular flexibility index (Phi) is 7.30. The zero-order valence-corrected chi connectivity index (χ0v) is 18.9. The Bertz CT molecular complexity index is 1150. The average molecular weight is 440 g/mol. The summed E-state index contributed by atoms with van der Waals surface area (Å²) in [5.41, 5.74) is 2.00. The summed E-state index contributed by atoms with van der Waals surface area (Å²) in [7, 11) is 0.0691. The standard InChI is InChI=1S/C24H29N3O3S/c1-4-8-23(24(28)25-17-18-9-6-5-7-10-18)26-31(29,30)22-14-12-19-15-21(27(2)3)13-11-20(19)16-22/h5-7,9-16,23,26H,4,8,17H2,1-3H3,(H,25,28). The summed E-state index contributed by atoms with van der Waals surface area (Å²) < 4.78 is 28.6. The molecule has 0 spiro atoms. The van der Waals surface area contributed by atoms with Gasteiger partial charge in [-0.2, -0.15) is 4.72 Å². The fourth-order valence-electron chi connectivity index (χ4n) is 3.35. The number of sulfonamides is 1. The molecule has 0 heterocycles. The molecule has 3 aromatic carbocycles. The fourth-order valence-corrected chi connectivity index (χ4v) is 4.62. The molecule has 0 fully saturated rings. The number of amides is 1. The van der Waals surface area contributed by atoms with E-state index >= 15 is 0 Å². The first-order chi connectivity index (χ1) is 14.8. The van der Waals surface area contributed by atoms with Crippen LogP contribution in [0.3, 0.4) is 0 Å². The molecular formula is C24H29N3O3S. The Hall–Kier alpha value is -2.90. The van der Waals surface area contributed by atoms with Crippen LogP contribution in [0.25, 0.3) is 10.8 Å². The normalized spacial score (nSPS) is 12.5. The molecular weight excluding hydrogens is 410 g/mol. The van der Waals surface area contributed by atoms with Crippen molar-refractivity contribution in [3.05, 3.63) is 72.3 Å². The highest BCUT2D eigenvalue weighted by atomic mass is 32.2. The van der Waals surface area contributed by atoms with Crippen LogP contribution in [-0.2, 0) is 21.4 Å². The van der Waals surface area contributed by atoms with Crippen LogP contribution in [0.15, 0.2) is 71.6 Å². The van der Waals surface area contributed by atoms with Crippen molar-refractivity contribution in [2.24, 2.45) is 0 Å². The zero-order valence-electron chi connectivity index (χ0n) is 18.1. The highest BCUT2D eigenvalue weighted by molar-refractivity contribution is 7.89. The molecule has 0 aliphatic rings. The molecule has 3 aromatic rings. The summed E-state index contributed by atoms with van der Waals surface area (Å²) in [4.78, 5) is 14.8. The number of fused-ring (bicyclic) bond motifs is 1. The van der Waals surface area contributed by atoms with Crippen LogP contribution >= 0.6 is 0 Å². The van der Waals surface area contributed by atoms with Crippen LogP contribution in [0.5, 0.6) is 0 Å². The SMILES string of the molecule is CCCC(NS(=O)(=O)c1ccc2cc(N(C)C)ccc2c1)C(=O)NCc1ccccc1. The molecule has 0 aliphatic carbocycles. The molecule has 1 amide bonds. The Morgan fingerprint density at radius 1 is 0.968 bits per heavy atom. The van der Waals surface area contributed by atoms with E-state index in [1.807, 2.05) is 74.4 Å². The smallest absolute Gasteiger partial charge is 0.241 e. The number of anilines is 1. The monoisotopic (exact) mass is 439 g/mol. The first-order valence-electron chi connectivity index (χ1n) is 10.4. The van der Waals surface area contributed by atoms with Gasteiger partial charge in [0.05, 0.1) is 4.90 Å². The molecule has 31 heavy (non-hydrogen) atoms. The van der Waals surface area contributed by atoms with Crippen molar-refractivity contribution in [1.82, 2.24) is 10.0 Å². The van der Waals surface area contributed by atoms with E-state index in [4.69, 9.17) is 0 Å². The van der Waals surface area contributed by atoms with Crippen molar-refractivity contribution in [2.75, 3.05) is 19.0 Å². The van der Waals surface area contributed by atoms with Crippen LogP contribution in [0.1, 0.15) is 25.3 Å². The summed E-state index contributed by atoms with van der Waals surface area (Å²) in [5, 5.41) is 4.62.